The van der Waals surface area contributed by atoms with E-state index in [1.807, 2.05) is 12.4 Å². The van der Waals surface area contributed by atoms with Gasteiger partial charge in [0.15, 0.2) is 0 Å². The first kappa shape index (κ1) is 12.5. The number of anilines is 1. The third-order valence-electron chi connectivity index (χ3n) is 3.79. The maximum Gasteiger partial charge on any atom is 0.360 e. The van der Waals surface area contributed by atoms with Gasteiger partial charge in [0, 0.05) is 49.7 Å². The fraction of sp³-hybridized carbons (Fsp3) is 0.462. The van der Waals surface area contributed by atoms with Gasteiger partial charge in [0.1, 0.15) is 5.65 Å². The number of piperidine rings is 1. The first-order valence-electron chi connectivity index (χ1n) is 6.78. The lowest BCUT2D eigenvalue weighted by atomic mass is 10.0. The highest BCUT2D eigenvalue weighted by atomic mass is 16.4. The van der Waals surface area contributed by atoms with E-state index in [4.69, 9.17) is 4.65 Å². The maximum absolute atomic E-state index is 5.07. The zero-order valence-electron chi connectivity index (χ0n) is 11.2. The van der Waals surface area contributed by atoms with Gasteiger partial charge in [-0.15, -0.1) is 0 Å². The van der Waals surface area contributed by atoms with Gasteiger partial charge in [-0.05, 0) is 25.0 Å². The lowest BCUT2D eigenvalue weighted by Crippen LogP contribution is -2.44. The van der Waals surface area contributed by atoms with Crippen LogP contribution in [0, 0.1) is 0 Å². The Morgan fingerprint density at radius 1 is 1.42 bits per heavy atom. The van der Waals surface area contributed by atoms with E-state index in [-0.39, 0.29) is 0 Å². The molecule has 0 radical (unpaired) electrons. The van der Waals surface area contributed by atoms with E-state index in [1.165, 1.54) is 11.1 Å². The Kier molecular flexibility index (Phi) is 3.70. The van der Waals surface area contributed by atoms with Crippen LogP contribution in [-0.2, 0) is 4.65 Å². The molecule has 100 valence electrons. The fourth-order valence-corrected chi connectivity index (χ4v) is 2.75. The van der Waals surface area contributed by atoms with Gasteiger partial charge in [-0.25, -0.2) is 4.98 Å². The molecule has 0 aromatic carbocycles. The molecule has 2 aromatic heterocycles. The number of hydrogen-bond donors (Lipinski definition) is 2. The highest BCUT2D eigenvalue weighted by Gasteiger charge is 2.20. The molecule has 2 N–H and O–H groups in total. The van der Waals surface area contributed by atoms with Gasteiger partial charge in [0.2, 0.25) is 0 Å². The van der Waals surface area contributed by atoms with E-state index < -0.39 is 0 Å². The quantitative estimate of drug-likeness (QED) is 0.804. The Morgan fingerprint density at radius 2 is 2.26 bits per heavy atom. The van der Waals surface area contributed by atoms with Crippen LogP contribution in [0.25, 0.3) is 11.0 Å². The normalized spacial score (nSPS) is 17.0. The van der Waals surface area contributed by atoms with E-state index in [9.17, 15) is 0 Å². The lowest BCUT2D eigenvalue weighted by molar-refractivity contribution is 0.400. The van der Waals surface area contributed by atoms with Gasteiger partial charge < -0.3 is 19.8 Å². The maximum atomic E-state index is 5.07. The molecule has 0 saturated carbocycles. The molecule has 0 aliphatic carbocycles. The predicted molar refractivity (Wildman–Crippen MR) is 78.6 cm³/mol. The van der Waals surface area contributed by atoms with Gasteiger partial charge in [-0.2, -0.15) is 0 Å². The molecule has 3 rings (SSSR count). The Labute approximate surface area is 113 Å². The van der Waals surface area contributed by atoms with E-state index in [0.29, 0.717) is 13.7 Å². The summed E-state index contributed by atoms with van der Waals surface area (Å²) in [6.45, 7) is 2.15. The second-order valence-corrected chi connectivity index (χ2v) is 4.97. The van der Waals surface area contributed by atoms with E-state index in [1.54, 1.807) is 7.11 Å². The van der Waals surface area contributed by atoms with E-state index in [0.717, 1.165) is 31.6 Å². The average Bonchev–Trinajstić information content (AvgIpc) is 2.94. The summed E-state index contributed by atoms with van der Waals surface area (Å²) in [5.41, 5.74) is 2.26. The summed E-state index contributed by atoms with van der Waals surface area (Å²) < 4.78 is 5.07. The molecule has 6 heteroatoms. The first-order chi connectivity index (χ1) is 9.38. The number of nitrogens with zero attached hydrogens (tertiary/aromatic N) is 2. The van der Waals surface area contributed by atoms with Crippen LogP contribution in [0.1, 0.15) is 12.8 Å². The van der Waals surface area contributed by atoms with Crippen LogP contribution in [0.5, 0.6) is 0 Å². The fourth-order valence-electron chi connectivity index (χ4n) is 2.75. The van der Waals surface area contributed by atoms with Crippen molar-refractivity contribution in [3.63, 3.8) is 0 Å². The number of rotatable bonds is 4. The molecule has 19 heavy (non-hydrogen) atoms. The standard InChI is InChI=1S/C13H19BN4O/c1-19-14-17-10-4-8-18(9-5-10)12-3-7-16-13-11(12)2-6-15-13/h2-3,6-7,10,14,17H,4-5,8-9H2,1H3,(H,15,16). The van der Waals surface area contributed by atoms with Crippen molar-refractivity contribution < 1.29 is 4.65 Å². The first-order valence-corrected chi connectivity index (χ1v) is 6.78. The average molecular weight is 258 g/mol. The predicted octanol–water partition coefficient (Wildman–Crippen LogP) is 1.03. The minimum atomic E-state index is 0.569. The molecule has 5 nitrogen and oxygen atoms in total. The Bertz CT molecular complexity index is 536. The summed E-state index contributed by atoms with van der Waals surface area (Å²) in [6.07, 6.45) is 6.13. The molecular formula is C13H19BN4O. The van der Waals surface area contributed by atoms with Gasteiger partial charge in [-0.3, -0.25) is 0 Å². The number of aromatic nitrogens is 2. The van der Waals surface area contributed by atoms with Gasteiger partial charge >= 0.3 is 7.62 Å². The van der Waals surface area contributed by atoms with Crippen LogP contribution in [-0.4, -0.2) is 43.8 Å². The minimum absolute atomic E-state index is 0.569. The molecule has 1 aliphatic rings. The molecule has 0 amide bonds. The van der Waals surface area contributed by atoms with Crippen LogP contribution < -0.4 is 10.1 Å². The SMILES string of the molecule is COBNC1CCN(c2ccnc3[nH]ccc23)CC1. The monoisotopic (exact) mass is 258 g/mol. The third-order valence-corrected chi connectivity index (χ3v) is 3.79. The van der Waals surface area contributed by atoms with Crippen molar-refractivity contribution >= 4 is 24.3 Å². The van der Waals surface area contributed by atoms with Crippen LogP contribution in [0.3, 0.4) is 0 Å². The zero-order valence-corrected chi connectivity index (χ0v) is 11.2. The van der Waals surface area contributed by atoms with Crippen molar-refractivity contribution in [1.29, 1.82) is 0 Å². The van der Waals surface area contributed by atoms with Gasteiger partial charge in [0.05, 0.1) is 0 Å². The number of aromatic amines is 1. The Hall–Kier alpha value is -1.53. The number of nitrogens with one attached hydrogen (secondary N) is 2. The third kappa shape index (κ3) is 2.59. The summed E-state index contributed by atoms with van der Waals surface area (Å²) in [6, 6.07) is 4.78. The van der Waals surface area contributed by atoms with Crippen LogP contribution in [0.4, 0.5) is 5.69 Å². The Balaban J connectivity index is 1.69. The summed E-state index contributed by atoms with van der Waals surface area (Å²) in [5.74, 6) is 0. The number of H-pyrrole nitrogens is 1. The molecular weight excluding hydrogens is 239 g/mol. The number of hydrogen-bond acceptors (Lipinski definition) is 4. The molecule has 0 spiro atoms. The molecule has 0 unspecified atom stereocenters. The summed E-state index contributed by atoms with van der Waals surface area (Å²) in [5, 5.41) is 4.62. The molecule has 1 saturated heterocycles. The van der Waals surface area contributed by atoms with Crippen molar-refractivity contribution in [3.8, 4) is 0 Å². The molecule has 3 heterocycles. The summed E-state index contributed by atoms with van der Waals surface area (Å²) in [4.78, 5) is 9.96. The van der Waals surface area contributed by atoms with Crippen LogP contribution >= 0.6 is 0 Å². The van der Waals surface area contributed by atoms with Crippen molar-refractivity contribution in [2.75, 3.05) is 25.1 Å². The number of pyridine rings is 1. The highest BCUT2D eigenvalue weighted by molar-refractivity contribution is 6.23. The van der Waals surface area contributed by atoms with Gasteiger partial charge in [-0.1, -0.05) is 0 Å². The van der Waals surface area contributed by atoms with E-state index in [2.05, 4.69) is 32.2 Å². The smallest absolute Gasteiger partial charge is 0.360 e. The van der Waals surface area contributed by atoms with Crippen LogP contribution in [0.15, 0.2) is 24.5 Å². The highest BCUT2D eigenvalue weighted by Crippen LogP contribution is 2.27. The summed E-state index contributed by atoms with van der Waals surface area (Å²) in [7, 11) is 2.36. The van der Waals surface area contributed by atoms with Crippen molar-refractivity contribution in [2.24, 2.45) is 0 Å². The lowest BCUT2D eigenvalue weighted by Gasteiger charge is -2.34. The van der Waals surface area contributed by atoms with E-state index >= 15 is 0 Å². The largest absolute Gasteiger partial charge is 0.427 e. The molecule has 2 aromatic rings. The molecule has 1 aliphatic heterocycles. The second-order valence-electron chi connectivity index (χ2n) is 4.97. The topological polar surface area (TPSA) is 53.2 Å². The summed E-state index contributed by atoms with van der Waals surface area (Å²) >= 11 is 0. The van der Waals surface area contributed by atoms with Crippen molar-refractivity contribution in [2.45, 2.75) is 18.9 Å². The van der Waals surface area contributed by atoms with Gasteiger partial charge in [0.25, 0.3) is 0 Å². The van der Waals surface area contributed by atoms with Crippen molar-refractivity contribution in [3.05, 3.63) is 24.5 Å². The zero-order chi connectivity index (χ0) is 13.1. The van der Waals surface area contributed by atoms with Crippen molar-refractivity contribution in [1.82, 2.24) is 15.2 Å². The molecule has 0 atom stereocenters. The molecule has 0 bridgehead atoms. The number of fused-ring (bicyclic) bond motifs is 1. The van der Waals surface area contributed by atoms with Crippen LogP contribution in [0.2, 0.25) is 0 Å². The second kappa shape index (κ2) is 5.63. The Morgan fingerprint density at radius 3 is 3.05 bits per heavy atom. The molecule has 1 fully saturated rings. The minimum Gasteiger partial charge on any atom is -0.427 e.